The zero-order valence-electron chi connectivity index (χ0n) is 12.0. The molecule has 1 fully saturated rings. The summed E-state index contributed by atoms with van der Waals surface area (Å²) in [6, 6.07) is 6.00. The molecule has 22 heavy (non-hydrogen) atoms. The molecular formula is C15H16N2O4S. The van der Waals surface area contributed by atoms with Crippen LogP contribution in [0.1, 0.15) is 18.9 Å². The van der Waals surface area contributed by atoms with E-state index < -0.39 is 12.0 Å². The maximum absolute atomic E-state index is 12.3. The number of hydrogen-bond donors (Lipinski definition) is 2. The average molecular weight is 320 g/mol. The van der Waals surface area contributed by atoms with E-state index in [1.54, 1.807) is 24.3 Å². The molecule has 2 N–H and O–H groups in total. The summed E-state index contributed by atoms with van der Waals surface area (Å²) in [5, 5.41) is 11.8. The van der Waals surface area contributed by atoms with Crippen LogP contribution in [-0.4, -0.2) is 45.2 Å². The van der Waals surface area contributed by atoms with Gasteiger partial charge in [-0.15, -0.1) is 0 Å². The number of anilines is 1. The van der Waals surface area contributed by atoms with Crippen molar-refractivity contribution in [2.24, 2.45) is 0 Å². The highest BCUT2D eigenvalue weighted by molar-refractivity contribution is 7.80. The lowest BCUT2D eigenvalue weighted by Crippen LogP contribution is -2.41. The summed E-state index contributed by atoms with van der Waals surface area (Å²) in [5.41, 5.74) is 1.40. The van der Waals surface area contributed by atoms with Crippen molar-refractivity contribution in [3.05, 3.63) is 29.8 Å². The topological polar surface area (TPSA) is 86.7 Å². The standard InChI is InChI=1S/C15H16N2O4S/c1-9(18)16-11-4-2-10(3-5-11)6-14(19)17-8-12(22)7-13(17)15(20)21/h2-5,13H,6-8H2,1H3,(H,16,18)(H,20,21)/t13-/m0/s1. The molecule has 1 aromatic rings. The molecule has 1 aliphatic heterocycles. The number of nitrogens with one attached hydrogen (secondary N) is 1. The zero-order valence-corrected chi connectivity index (χ0v) is 12.9. The van der Waals surface area contributed by atoms with Crippen molar-refractivity contribution in [2.45, 2.75) is 25.8 Å². The normalized spacial score (nSPS) is 17.4. The molecular weight excluding hydrogens is 304 g/mol. The minimum atomic E-state index is -1.03. The van der Waals surface area contributed by atoms with Crippen LogP contribution in [0, 0.1) is 0 Å². The molecule has 0 saturated carbocycles. The van der Waals surface area contributed by atoms with E-state index >= 15 is 0 Å². The fraction of sp³-hybridized carbons (Fsp3) is 0.333. The third-order valence-corrected chi connectivity index (χ3v) is 3.67. The van der Waals surface area contributed by atoms with E-state index in [4.69, 9.17) is 17.3 Å². The smallest absolute Gasteiger partial charge is 0.326 e. The summed E-state index contributed by atoms with van der Waals surface area (Å²) in [6.07, 6.45) is 0.338. The van der Waals surface area contributed by atoms with Crippen molar-refractivity contribution in [3.63, 3.8) is 0 Å². The number of carboxylic acid groups (broad SMARTS) is 1. The summed E-state index contributed by atoms with van der Waals surface area (Å²) < 4.78 is 0. The monoisotopic (exact) mass is 320 g/mol. The zero-order chi connectivity index (χ0) is 16.3. The summed E-state index contributed by atoms with van der Waals surface area (Å²) >= 11 is 5.04. The van der Waals surface area contributed by atoms with E-state index in [9.17, 15) is 14.4 Å². The van der Waals surface area contributed by atoms with Gasteiger partial charge in [-0.1, -0.05) is 24.4 Å². The first-order valence-electron chi connectivity index (χ1n) is 6.77. The lowest BCUT2D eigenvalue weighted by Gasteiger charge is -2.20. The highest BCUT2D eigenvalue weighted by Gasteiger charge is 2.36. The van der Waals surface area contributed by atoms with Gasteiger partial charge in [0.15, 0.2) is 0 Å². The third-order valence-electron chi connectivity index (χ3n) is 3.38. The van der Waals surface area contributed by atoms with Crippen molar-refractivity contribution in [1.82, 2.24) is 4.90 Å². The molecule has 1 aliphatic rings. The molecule has 1 aromatic carbocycles. The molecule has 6 nitrogen and oxygen atoms in total. The molecule has 0 unspecified atom stereocenters. The minimum Gasteiger partial charge on any atom is -0.480 e. The van der Waals surface area contributed by atoms with Crippen LogP contribution in [0.2, 0.25) is 0 Å². The molecule has 116 valence electrons. The Morgan fingerprint density at radius 2 is 1.95 bits per heavy atom. The van der Waals surface area contributed by atoms with E-state index in [-0.39, 0.29) is 31.2 Å². The Labute approximate surface area is 133 Å². The van der Waals surface area contributed by atoms with Gasteiger partial charge in [0.05, 0.1) is 13.0 Å². The van der Waals surface area contributed by atoms with Gasteiger partial charge in [0, 0.05) is 23.9 Å². The number of carbonyl (C=O) groups is 3. The molecule has 0 radical (unpaired) electrons. The Morgan fingerprint density at radius 1 is 1.32 bits per heavy atom. The van der Waals surface area contributed by atoms with Gasteiger partial charge in [-0.05, 0) is 17.7 Å². The van der Waals surface area contributed by atoms with Crippen LogP contribution in [0.4, 0.5) is 5.69 Å². The molecule has 0 aliphatic carbocycles. The summed E-state index contributed by atoms with van der Waals surface area (Å²) in [6.45, 7) is 1.63. The second kappa shape index (κ2) is 6.65. The number of rotatable bonds is 4. The Hall–Kier alpha value is -2.28. The van der Waals surface area contributed by atoms with Crippen molar-refractivity contribution in [1.29, 1.82) is 0 Å². The van der Waals surface area contributed by atoms with Crippen molar-refractivity contribution >= 4 is 40.6 Å². The molecule has 2 rings (SSSR count). The summed E-state index contributed by atoms with van der Waals surface area (Å²) in [7, 11) is 0. The SMILES string of the molecule is CC(=O)Nc1ccc(CC(=O)N2CC(=S)C[C@H]2C(=O)O)cc1. The quantitative estimate of drug-likeness (QED) is 0.815. The Balaban J connectivity index is 2.03. The van der Waals surface area contributed by atoms with Crippen LogP contribution in [0.3, 0.4) is 0 Å². The van der Waals surface area contributed by atoms with Gasteiger partial charge < -0.3 is 15.3 Å². The van der Waals surface area contributed by atoms with Crippen LogP contribution in [0.15, 0.2) is 24.3 Å². The predicted molar refractivity (Wildman–Crippen MR) is 84.8 cm³/mol. The molecule has 1 saturated heterocycles. The molecule has 1 atom stereocenters. The maximum atomic E-state index is 12.3. The number of carbonyl (C=O) groups excluding carboxylic acids is 2. The maximum Gasteiger partial charge on any atom is 0.326 e. The van der Waals surface area contributed by atoms with E-state index in [0.29, 0.717) is 10.6 Å². The van der Waals surface area contributed by atoms with E-state index in [0.717, 1.165) is 5.56 Å². The Bertz CT molecular complexity index is 627. The average Bonchev–Trinajstić information content (AvgIpc) is 2.83. The number of likely N-dealkylation sites (tertiary alicyclic amines) is 1. The van der Waals surface area contributed by atoms with Gasteiger partial charge in [-0.25, -0.2) is 4.79 Å². The lowest BCUT2D eigenvalue weighted by atomic mass is 10.1. The van der Waals surface area contributed by atoms with Crippen LogP contribution in [0.25, 0.3) is 0 Å². The highest BCUT2D eigenvalue weighted by Crippen LogP contribution is 2.18. The third kappa shape index (κ3) is 3.88. The number of carboxylic acids is 1. The van der Waals surface area contributed by atoms with Crippen LogP contribution >= 0.6 is 12.2 Å². The second-order valence-corrected chi connectivity index (χ2v) is 5.75. The fourth-order valence-corrected chi connectivity index (χ4v) is 2.66. The number of nitrogens with zero attached hydrogens (tertiary/aromatic N) is 1. The molecule has 0 aromatic heterocycles. The fourth-order valence-electron chi connectivity index (χ4n) is 2.36. The molecule has 0 spiro atoms. The van der Waals surface area contributed by atoms with Crippen molar-refractivity contribution < 1.29 is 19.5 Å². The van der Waals surface area contributed by atoms with E-state index in [1.807, 2.05) is 0 Å². The first-order chi connectivity index (χ1) is 10.4. The van der Waals surface area contributed by atoms with Crippen molar-refractivity contribution in [3.8, 4) is 0 Å². The van der Waals surface area contributed by atoms with Crippen molar-refractivity contribution in [2.75, 3.05) is 11.9 Å². The minimum absolute atomic E-state index is 0.104. The van der Waals surface area contributed by atoms with Crippen LogP contribution < -0.4 is 5.32 Å². The molecule has 2 amide bonds. The van der Waals surface area contributed by atoms with E-state index in [1.165, 1.54) is 11.8 Å². The number of amides is 2. The van der Waals surface area contributed by atoms with Gasteiger partial charge in [0.25, 0.3) is 0 Å². The summed E-state index contributed by atoms with van der Waals surface area (Å²) in [5.74, 6) is -1.47. The number of hydrogen-bond acceptors (Lipinski definition) is 4. The second-order valence-electron chi connectivity index (χ2n) is 5.17. The van der Waals surface area contributed by atoms with E-state index in [2.05, 4.69) is 5.32 Å². The first kappa shape index (κ1) is 16.1. The van der Waals surface area contributed by atoms with Gasteiger partial charge in [-0.3, -0.25) is 9.59 Å². The largest absolute Gasteiger partial charge is 0.480 e. The number of benzene rings is 1. The highest BCUT2D eigenvalue weighted by atomic mass is 32.1. The first-order valence-corrected chi connectivity index (χ1v) is 7.18. The Kier molecular flexibility index (Phi) is 4.87. The van der Waals surface area contributed by atoms with Gasteiger partial charge >= 0.3 is 5.97 Å². The predicted octanol–water partition coefficient (Wildman–Crippen LogP) is 1.24. The van der Waals surface area contributed by atoms with Gasteiger partial charge in [0.1, 0.15) is 6.04 Å². The Morgan fingerprint density at radius 3 is 2.50 bits per heavy atom. The molecule has 7 heteroatoms. The lowest BCUT2D eigenvalue weighted by molar-refractivity contribution is -0.148. The summed E-state index contributed by atoms with van der Waals surface area (Å²) in [4.78, 5) is 36.3. The van der Waals surface area contributed by atoms with Crippen LogP contribution in [-0.2, 0) is 20.8 Å². The molecule has 0 bridgehead atoms. The van der Waals surface area contributed by atoms with Gasteiger partial charge in [0.2, 0.25) is 11.8 Å². The number of thiocarbonyl (C=S) groups is 1. The molecule has 1 heterocycles. The van der Waals surface area contributed by atoms with Crippen LogP contribution in [0.5, 0.6) is 0 Å². The van der Waals surface area contributed by atoms with Gasteiger partial charge in [-0.2, -0.15) is 0 Å². The number of aliphatic carboxylic acids is 1.